The fraction of sp³-hybridized carbons (Fsp3) is 0.522. The normalized spacial score (nSPS) is 19.7. The average molecular weight is 415 g/mol. The van der Waals surface area contributed by atoms with Gasteiger partial charge in [-0.25, -0.2) is 0 Å². The smallest absolute Gasteiger partial charge is 0.133 e. The Morgan fingerprint density at radius 2 is 2.07 bits per heavy atom. The molecule has 0 saturated carbocycles. The van der Waals surface area contributed by atoms with Crippen molar-refractivity contribution in [2.45, 2.75) is 48.7 Å². The quantitative estimate of drug-likeness (QED) is 0.679. The molecule has 0 spiro atoms. The van der Waals surface area contributed by atoms with Crippen LogP contribution in [-0.4, -0.2) is 58.7 Å². The number of fused-ring (bicyclic) bond motifs is 1. The minimum Gasteiger partial charge on any atom is -0.490 e. The van der Waals surface area contributed by atoms with Gasteiger partial charge in [-0.05, 0) is 61.6 Å². The number of piperidine rings is 1. The summed E-state index contributed by atoms with van der Waals surface area (Å²) in [5.41, 5.74) is 2.93. The molecule has 156 valence electrons. The van der Waals surface area contributed by atoms with Gasteiger partial charge in [0.2, 0.25) is 0 Å². The molecule has 0 radical (unpaired) electrons. The van der Waals surface area contributed by atoms with E-state index in [0.717, 1.165) is 37.2 Å². The average Bonchev–Trinajstić information content (AvgIpc) is 3.23. The van der Waals surface area contributed by atoms with E-state index in [1.165, 1.54) is 22.4 Å². The van der Waals surface area contributed by atoms with Gasteiger partial charge in [0, 0.05) is 37.6 Å². The summed E-state index contributed by atoms with van der Waals surface area (Å²) in [6, 6.07) is 8.03. The second kappa shape index (κ2) is 9.04. The van der Waals surface area contributed by atoms with Crippen molar-refractivity contribution in [2.24, 2.45) is 0 Å². The molecule has 1 aromatic heterocycles. The van der Waals surface area contributed by atoms with Crippen molar-refractivity contribution < 1.29 is 14.9 Å². The van der Waals surface area contributed by atoms with Crippen LogP contribution in [0.2, 0.25) is 0 Å². The van der Waals surface area contributed by atoms with Gasteiger partial charge in [0.15, 0.2) is 0 Å². The van der Waals surface area contributed by atoms with Gasteiger partial charge in [0.1, 0.15) is 18.5 Å². The van der Waals surface area contributed by atoms with Crippen LogP contribution in [0.1, 0.15) is 36.0 Å². The molecule has 1 fully saturated rings. The number of β-amino-alcohol motifs (C(OH)–C–C–N with tert-alkyl or cyclic N) is 1. The van der Waals surface area contributed by atoms with E-state index in [0.29, 0.717) is 19.4 Å². The standard InChI is InChI=1S/C23H30N2O3S/c1-29-22-20-6-2-4-17(20)7-8-21(22)28-16-19(26)15-25-12-9-23(27,10-13-25)18-5-3-11-24-14-18/h3,5,7-8,11,14,19,26-27H,2,4,6,9-10,12-13,15-16H2,1H3. The minimum atomic E-state index is -0.816. The van der Waals surface area contributed by atoms with Crippen molar-refractivity contribution in [3.8, 4) is 5.75 Å². The lowest BCUT2D eigenvalue weighted by Gasteiger charge is -2.39. The number of nitrogens with zero attached hydrogens (tertiary/aromatic N) is 2. The van der Waals surface area contributed by atoms with Gasteiger partial charge in [-0.3, -0.25) is 4.98 Å². The Balaban J connectivity index is 1.29. The fourth-order valence-electron chi connectivity index (χ4n) is 4.52. The number of aliphatic hydroxyl groups is 2. The maximum absolute atomic E-state index is 10.9. The highest BCUT2D eigenvalue weighted by Crippen LogP contribution is 2.38. The van der Waals surface area contributed by atoms with Crippen molar-refractivity contribution in [2.75, 3.05) is 32.5 Å². The van der Waals surface area contributed by atoms with Crippen molar-refractivity contribution >= 4 is 11.8 Å². The van der Waals surface area contributed by atoms with Gasteiger partial charge in [0.25, 0.3) is 0 Å². The summed E-state index contributed by atoms with van der Waals surface area (Å²) in [4.78, 5) is 7.56. The molecule has 2 heterocycles. The third-order valence-corrected chi connectivity index (χ3v) is 7.04. The van der Waals surface area contributed by atoms with Gasteiger partial charge in [-0.15, -0.1) is 11.8 Å². The van der Waals surface area contributed by atoms with Crippen LogP contribution in [-0.2, 0) is 18.4 Å². The van der Waals surface area contributed by atoms with E-state index in [4.69, 9.17) is 4.74 Å². The molecule has 2 aliphatic rings. The second-order valence-electron chi connectivity index (χ2n) is 8.13. The molecule has 4 rings (SSSR count). The first-order chi connectivity index (χ1) is 14.1. The summed E-state index contributed by atoms with van der Waals surface area (Å²) >= 11 is 1.74. The molecule has 6 heteroatoms. The Kier molecular flexibility index (Phi) is 6.44. The number of thioether (sulfide) groups is 1. The molecule has 5 nitrogen and oxygen atoms in total. The number of hydrogen-bond donors (Lipinski definition) is 2. The predicted octanol–water partition coefficient (Wildman–Crippen LogP) is 3.02. The highest BCUT2D eigenvalue weighted by atomic mass is 32.2. The Bertz CT molecular complexity index is 822. The maximum Gasteiger partial charge on any atom is 0.133 e. The number of pyridine rings is 1. The van der Waals surface area contributed by atoms with E-state index in [1.54, 1.807) is 24.2 Å². The van der Waals surface area contributed by atoms with Crippen LogP contribution in [0, 0.1) is 0 Å². The van der Waals surface area contributed by atoms with Crippen molar-refractivity contribution in [1.82, 2.24) is 9.88 Å². The van der Waals surface area contributed by atoms with Gasteiger partial charge in [-0.2, -0.15) is 0 Å². The summed E-state index contributed by atoms with van der Waals surface area (Å²) in [6.07, 6.45) is 9.80. The topological polar surface area (TPSA) is 65.8 Å². The first-order valence-electron chi connectivity index (χ1n) is 10.4. The lowest BCUT2D eigenvalue weighted by atomic mass is 9.85. The lowest BCUT2D eigenvalue weighted by molar-refractivity contribution is -0.0375. The zero-order valence-corrected chi connectivity index (χ0v) is 17.8. The Morgan fingerprint density at radius 1 is 1.24 bits per heavy atom. The van der Waals surface area contributed by atoms with Gasteiger partial charge < -0.3 is 19.8 Å². The first-order valence-corrected chi connectivity index (χ1v) is 11.7. The van der Waals surface area contributed by atoms with Crippen LogP contribution in [0.4, 0.5) is 0 Å². The van der Waals surface area contributed by atoms with E-state index in [9.17, 15) is 10.2 Å². The van der Waals surface area contributed by atoms with E-state index in [-0.39, 0.29) is 6.61 Å². The number of ether oxygens (including phenoxy) is 1. The Hall–Kier alpha value is -1.60. The van der Waals surface area contributed by atoms with E-state index in [1.807, 2.05) is 12.1 Å². The van der Waals surface area contributed by atoms with Crippen LogP contribution < -0.4 is 4.74 Å². The lowest BCUT2D eigenvalue weighted by Crippen LogP contribution is -2.46. The molecule has 2 aromatic rings. The van der Waals surface area contributed by atoms with Crippen LogP contribution in [0.5, 0.6) is 5.75 Å². The minimum absolute atomic E-state index is 0.287. The van der Waals surface area contributed by atoms with Crippen LogP contribution in [0.25, 0.3) is 0 Å². The highest BCUT2D eigenvalue weighted by Gasteiger charge is 2.34. The second-order valence-corrected chi connectivity index (χ2v) is 8.94. The largest absolute Gasteiger partial charge is 0.490 e. The molecule has 29 heavy (non-hydrogen) atoms. The summed E-state index contributed by atoms with van der Waals surface area (Å²) in [5.74, 6) is 0.891. The van der Waals surface area contributed by atoms with Crippen LogP contribution in [0.15, 0.2) is 41.6 Å². The SMILES string of the molecule is CSc1c(OCC(O)CN2CCC(O)(c3cccnc3)CC2)ccc2c1CCC2. The van der Waals surface area contributed by atoms with Crippen LogP contribution in [0.3, 0.4) is 0 Å². The molecule has 0 bridgehead atoms. The highest BCUT2D eigenvalue weighted by molar-refractivity contribution is 7.98. The number of aromatic nitrogens is 1. The molecular weight excluding hydrogens is 384 g/mol. The van der Waals surface area contributed by atoms with E-state index < -0.39 is 11.7 Å². The molecule has 1 aliphatic heterocycles. The zero-order chi connectivity index (χ0) is 20.3. The molecule has 1 unspecified atom stereocenters. The van der Waals surface area contributed by atoms with Gasteiger partial charge in [0.05, 0.1) is 10.5 Å². The fourth-order valence-corrected chi connectivity index (χ4v) is 5.33. The summed E-state index contributed by atoms with van der Waals surface area (Å²) in [6.45, 7) is 2.34. The van der Waals surface area contributed by atoms with Crippen LogP contribution >= 0.6 is 11.8 Å². The van der Waals surface area contributed by atoms with Gasteiger partial charge in [-0.1, -0.05) is 12.1 Å². The third kappa shape index (κ3) is 4.61. The van der Waals surface area contributed by atoms with Gasteiger partial charge >= 0.3 is 0 Å². The number of benzene rings is 1. The van der Waals surface area contributed by atoms with E-state index >= 15 is 0 Å². The van der Waals surface area contributed by atoms with Crippen molar-refractivity contribution in [3.63, 3.8) is 0 Å². The Morgan fingerprint density at radius 3 is 2.79 bits per heavy atom. The number of hydrogen-bond acceptors (Lipinski definition) is 6. The Labute approximate surface area is 177 Å². The molecule has 1 saturated heterocycles. The molecule has 1 atom stereocenters. The van der Waals surface area contributed by atoms with Crippen molar-refractivity contribution in [3.05, 3.63) is 53.3 Å². The first kappa shape index (κ1) is 20.7. The monoisotopic (exact) mass is 414 g/mol. The number of aliphatic hydroxyl groups excluding tert-OH is 1. The molecule has 0 amide bonds. The van der Waals surface area contributed by atoms with E-state index in [2.05, 4.69) is 28.3 Å². The summed E-state index contributed by atoms with van der Waals surface area (Å²) < 4.78 is 6.01. The summed E-state index contributed by atoms with van der Waals surface area (Å²) in [7, 11) is 0. The molecule has 1 aliphatic carbocycles. The third-order valence-electron chi connectivity index (χ3n) is 6.18. The predicted molar refractivity (Wildman–Crippen MR) is 116 cm³/mol. The number of likely N-dealkylation sites (tertiary alicyclic amines) is 1. The molecule has 1 aromatic carbocycles. The maximum atomic E-state index is 10.9. The number of rotatable bonds is 7. The zero-order valence-electron chi connectivity index (χ0n) is 17.0. The van der Waals surface area contributed by atoms with Crippen molar-refractivity contribution in [1.29, 1.82) is 0 Å². The number of aryl methyl sites for hydroxylation is 1. The summed E-state index contributed by atoms with van der Waals surface area (Å²) in [5, 5.41) is 21.4. The molecule has 2 N–H and O–H groups in total. The molecular formula is C23H30N2O3S.